The number of anilines is 1. The minimum atomic E-state index is 0.127. The maximum atomic E-state index is 11.6. The molecule has 3 heteroatoms. The van der Waals surface area contributed by atoms with Crippen LogP contribution in [0.2, 0.25) is 0 Å². The van der Waals surface area contributed by atoms with E-state index in [4.69, 9.17) is 0 Å². The van der Waals surface area contributed by atoms with E-state index in [9.17, 15) is 4.79 Å². The highest BCUT2D eigenvalue weighted by atomic mass is 16.2. The molecule has 1 saturated heterocycles. The van der Waals surface area contributed by atoms with Crippen molar-refractivity contribution < 1.29 is 4.79 Å². The van der Waals surface area contributed by atoms with Crippen LogP contribution >= 0.6 is 0 Å². The molecule has 3 nitrogen and oxygen atoms in total. The molecule has 1 aliphatic rings. The van der Waals surface area contributed by atoms with Gasteiger partial charge in [-0.3, -0.25) is 4.79 Å². The molecule has 80 valence electrons. The van der Waals surface area contributed by atoms with Gasteiger partial charge in [-0.25, -0.2) is 0 Å². The fraction of sp³-hybridized carbons (Fsp3) is 0.417. The van der Waals surface area contributed by atoms with E-state index in [0.717, 1.165) is 25.2 Å². The molecule has 0 spiro atoms. The summed E-state index contributed by atoms with van der Waals surface area (Å²) in [5, 5.41) is 6.03. The standard InChI is InChI=1S/C12H16N2O/c1-2-9-4-3-5-11(6-9)14-12(15)10-7-13-8-10/h3-6,10,13H,2,7-8H2,1H3,(H,14,15). The van der Waals surface area contributed by atoms with Gasteiger partial charge in [0.05, 0.1) is 5.92 Å². The maximum absolute atomic E-state index is 11.6. The van der Waals surface area contributed by atoms with Crippen molar-refractivity contribution in [2.75, 3.05) is 18.4 Å². The lowest BCUT2D eigenvalue weighted by atomic mass is 10.0. The largest absolute Gasteiger partial charge is 0.326 e. The van der Waals surface area contributed by atoms with Crippen molar-refractivity contribution in [3.8, 4) is 0 Å². The fourth-order valence-electron chi connectivity index (χ4n) is 1.59. The van der Waals surface area contributed by atoms with Gasteiger partial charge in [0.15, 0.2) is 0 Å². The van der Waals surface area contributed by atoms with Gasteiger partial charge in [0.1, 0.15) is 0 Å². The third-order valence-corrected chi connectivity index (χ3v) is 2.76. The number of hydrogen-bond acceptors (Lipinski definition) is 2. The molecule has 0 bridgehead atoms. The Morgan fingerprint density at radius 1 is 1.53 bits per heavy atom. The Labute approximate surface area is 89.9 Å². The van der Waals surface area contributed by atoms with Gasteiger partial charge in [0, 0.05) is 18.8 Å². The normalized spacial score (nSPS) is 15.8. The molecule has 0 atom stereocenters. The Hall–Kier alpha value is -1.35. The zero-order valence-corrected chi connectivity index (χ0v) is 8.92. The molecule has 2 rings (SSSR count). The van der Waals surface area contributed by atoms with Crippen LogP contribution in [-0.2, 0) is 11.2 Å². The molecule has 0 saturated carbocycles. The lowest BCUT2D eigenvalue weighted by Gasteiger charge is -2.25. The molecule has 1 aromatic carbocycles. The monoisotopic (exact) mass is 204 g/mol. The van der Waals surface area contributed by atoms with E-state index in [1.54, 1.807) is 0 Å². The summed E-state index contributed by atoms with van der Waals surface area (Å²) in [6.07, 6.45) is 0.995. The number of aryl methyl sites for hydroxylation is 1. The second-order valence-electron chi connectivity index (χ2n) is 3.90. The van der Waals surface area contributed by atoms with Gasteiger partial charge in [0.2, 0.25) is 5.91 Å². The van der Waals surface area contributed by atoms with Crippen molar-refractivity contribution in [1.82, 2.24) is 5.32 Å². The molecule has 0 radical (unpaired) electrons. The van der Waals surface area contributed by atoms with E-state index in [1.165, 1.54) is 5.56 Å². The summed E-state index contributed by atoms with van der Waals surface area (Å²) in [6, 6.07) is 8.02. The summed E-state index contributed by atoms with van der Waals surface area (Å²) in [4.78, 5) is 11.6. The predicted molar refractivity (Wildman–Crippen MR) is 60.8 cm³/mol. The lowest BCUT2D eigenvalue weighted by molar-refractivity contribution is -0.121. The van der Waals surface area contributed by atoms with Gasteiger partial charge in [-0.2, -0.15) is 0 Å². The van der Waals surface area contributed by atoms with Crippen molar-refractivity contribution in [2.24, 2.45) is 5.92 Å². The average Bonchev–Trinajstić information content (AvgIpc) is 2.15. The first-order valence-corrected chi connectivity index (χ1v) is 5.40. The smallest absolute Gasteiger partial charge is 0.230 e. The van der Waals surface area contributed by atoms with E-state index in [0.29, 0.717) is 0 Å². The van der Waals surface area contributed by atoms with Crippen LogP contribution in [0.3, 0.4) is 0 Å². The molecule has 0 aliphatic carbocycles. The first kappa shape index (κ1) is 10.2. The van der Waals surface area contributed by atoms with Crippen LogP contribution in [0.25, 0.3) is 0 Å². The summed E-state index contributed by atoms with van der Waals surface area (Å²) in [7, 11) is 0. The number of hydrogen-bond donors (Lipinski definition) is 2. The number of carbonyl (C=O) groups is 1. The molecule has 15 heavy (non-hydrogen) atoms. The molecule has 1 aromatic rings. The fourth-order valence-corrected chi connectivity index (χ4v) is 1.59. The number of amides is 1. The quantitative estimate of drug-likeness (QED) is 0.781. The Bertz CT molecular complexity index is 358. The summed E-state index contributed by atoms with van der Waals surface area (Å²) < 4.78 is 0. The van der Waals surface area contributed by atoms with Gasteiger partial charge in [0.25, 0.3) is 0 Å². The van der Waals surface area contributed by atoms with E-state index >= 15 is 0 Å². The second kappa shape index (κ2) is 4.45. The summed E-state index contributed by atoms with van der Waals surface area (Å²) in [5.74, 6) is 0.275. The lowest BCUT2D eigenvalue weighted by Crippen LogP contribution is -2.48. The number of rotatable bonds is 3. The van der Waals surface area contributed by atoms with Gasteiger partial charge >= 0.3 is 0 Å². The van der Waals surface area contributed by atoms with Crippen LogP contribution in [0.15, 0.2) is 24.3 Å². The van der Waals surface area contributed by atoms with E-state index in [1.807, 2.05) is 18.2 Å². The summed E-state index contributed by atoms with van der Waals surface area (Å²) in [5.41, 5.74) is 2.16. The maximum Gasteiger partial charge on any atom is 0.230 e. The molecular formula is C12H16N2O. The molecule has 0 aromatic heterocycles. The number of nitrogens with one attached hydrogen (secondary N) is 2. The average molecular weight is 204 g/mol. The minimum absolute atomic E-state index is 0.127. The molecule has 1 heterocycles. The van der Waals surface area contributed by atoms with Gasteiger partial charge < -0.3 is 10.6 Å². The molecule has 2 N–H and O–H groups in total. The van der Waals surface area contributed by atoms with Crippen LogP contribution in [0.5, 0.6) is 0 Å². The first-order valence-electron chi connectivity index (χ1n) is 5.40. The Kier molecular flexibility index (Phi) is 3.02. The van der Waals surface area contributed by atoms with E-state index in [2.05, 4.69) is 23.6 Å². The van der Waals surface area contributed by atoms with Crippen molar-refractivity contribution in [1.29, 1.82) is 0 Å². The van der Waals surface area contributed by atoms with Crippen molar-refractivity contribution in [3.63, 3.8) is 0 Å². The number of carbonyl (C=O) groups excluding carboxylic acids is 1. The van der Waals surface area contributed by atoms with Crippen LogP contribution < -0.4 is 10.6 Å². The van der Waals surface area contributed by atoms with Gasteiger partial charge in [-0.1, -0.05) is 19.1 Å². The second-order valence-corrected chi connectivity index (χ2v) is 3.90. The van der Waals surface area contributed by atoms with Crippen molar-refractivity contribution in [2.45, 2.75) is 13.3 Å². The third kappa shape index (κ3) is 2.36. The predicted octanol–water partition coefficient (Wildman–Crippen LogP) is 1.41. The highest BCUT2D eigenvalue weighted by molar-refractivity contribution is 5.93. The Morgan fingerprint density at radius 3 is 2.93 bits per heavy atom. The number of benzene rings is 1. The minimum Gasteiger partial charge on any atom is -0.326 e. The SMILES string of the molecule is CCc1cccc(NC(=O)C2CNC2)c1. The van der Waals surface area contributed by atoms with Crippen LogP contribution in [0, 0.1) is 5.92 Å². The van der Waals surface area contributed by atoms with E-state index in [-0.39, 0.29) is 11.8 Å². The third-order valence-electron chi connectivity index (χ3n) is 2.76. The Morgan fingerprint density at radius 2 is 2.33 bits per heavy atom. The zero-order chi connectivity index (χ0) is 10.7. The first-order chi connectivity index (χ1) is 7.29. The summed E-state index contributed by atoms with van der Waals surface area (Å²) in [6.45, 7) is 3.72. The summed E-state index contributed by atoms with van der Waals surface area (Å²) >= 11 is 0. The molecule has 0 unspecified atom stereocenters. The zero-order valence-electron chi connectivity index (χ0n) is 8.92. The highest BCUT2D eigenvalue weighted by Crippen LogP contribution is 2.13. The Balaban J connectivity index is 1.99. The van der Waals surface area contributed by atoms with Crippen LogP contribution in [0.4, 0.5) is 5.69 Å². The highest BCUT2D eigenvalue weighted by Gasteiger charge is 2.24. The van der Waals surface area contributed by atoms with Crippen LogP contribution in [0.1, 0.15) is 12.5 Å². The van der Waals surface area contributed by atoms with Crippen LogP contribution in [-0.4, -0.2) is 19.0 Å². The molecule has 1 amide bonds. The molecule has 1 aliphatic heterocycles. The molecular weight excluding hydrogens is 188 g/mol. The molecule has 1 fully saturated rings. The topological polar surface area (TPSA) is 41.1 Å². The van der Waals surface area contributed by atoms with Crippen molar-refractivity contribution in [3.05, 3.63) is 29.8 Å². The van der Waals surface area contributed by atoms with Gasteiger partial charge in [-0.05, 0) is 24.1 Å². The van der Waals surface area contributed by atoms with E-state index < -0.39 is 0 Å². The van der Waals surface area contributed by atoms with Crippen molar-refractivity contribution >= 4 is 11.6 Å². The van der Waals surface area contributed by atoms with Gasteiger partial charge in [-0.15, -0.1) is 0 Å².